The van der Waals surface area contributed by atoms with Crippen LogP contribution in [0.4, 0.5) is 0 Å². The predicted molar refractivity (Wildman–Crippen MR) is 235 cm³/mol. The summed E-state index contributed by atoms with van der Waals surface area (Å²) in [6, 6.07) is 57.4. The van der Waals surface area contributed by atoms with Gasteiger partial charge in [0, 0.05) is 32.8 Å². The summed E-state index contributed by atoms with van der Waals surface area (Å²) < 4.78 is 3.63. The smallest absolute Gasteiger partial charge is 0.263 e. The van der Waals surface area contributed by atoms with E-state index in [-0.39, 0.29) is 11.1 Å². The molecule has 10 rings (SSSR count). The molecule has 0 unspecified atom stereocenters. The molecule has 0 atom stereocenters. The topological polar surface area (TPSA) is 44.0 Å². The second-order valence-electron chi connectivity index (χ2n) is 14.1. The maximum atomic E-state index is 14.2. The number of nitrogens with zero attached hydrogens (tertiary/aromatic N) is 2. The minimum atomic E-state index is -0.144. The number of aromatic nitrogens is 2. The van der Waals surface area contributed by atoms with Gasteiger partial charge in [-0.25, -0.2) is 0 Å². The Morgan fingerprint density at radius 2 is 0.821 bits per heavy atom. The van der Waals surface area contributed by atoms with Gasteiger partial charge in [-0.1, -0.05) is 147 Å². The van der Waals surface area contributed by atoms with Crippen molar-refractivity contribution in [1.29, 1.82) is 0 Å². The molecule has 56 heavy (non-hydrogen) atoms. The molecular weight excluding hydrogens is 685 g/mol. The van der Waals surface area contributed by atoms with E-state index >= 15 is 0 Å². The molecule has 0 aliphatic rings. The molecule has 4 heteroatoms. The van der Waals surface area contributed by atoms with E-state index < -0.39 is 0 Å². The van der Waals surface area contributed by atoms with Crippen LogP contribution in [0, 0.1) is 0 Å². The zero-order valence-electron chi connectivity index (χ0n) is 30.4. The number of rotatable bonds is 5. The van der Waals surface area contributed by atoms with Crippen molar-refractivity contribution in [3.05, 3.63) is 214 Å². The third kappa shape index (κ3) is 5.00. The van der Waals surface area contributed by atoms with Gasteiger partial charge in [-0.3, -0.25) is 18.7 Å². The molecule has 264 valence electrons. The molecule has 0 fully saturated rings. The van der Waals surface area contributed by atoms with Gasteiger partial charge in [0.2, 0.25) is 0 Å². The van der Waals surface area contributed by atoms with Crippen LogP contribution < -0.4 is 21.6 Å². The maximum absolute atomic E-state index is 14.2. The summed E-state index contributed by atoms with van der Waals surface area (Å²) in [5.41, 5.74) is 7.21. The van der Waals surface area contributed by atoms with Crippen LogP contribution in [0.3, 0.4) is 0 Å². The zero-order valence-corrected chi connectivity index (χ0v) is 30.4. The summed E-state index contributed by atoms with van der Waals surface area (Å²) in [5.74, 6) is 0. The summed E-state index contributed by atoms with van der Waals surface area (Å²) in [6.45, 7) is 8.13. The lowest BCUT2D eigenvalue weighted by atomic mass is 9.86. The molecule has 0 aliphatic carbocycles. The van der Waals surface area contributed by atoms with Gasteiger partial charge in [-0.05, 0) is 103 Å². The molecule has 2 heterocycles. The first-order chi connectivity index (χ1) is 27.5. The van der Waals surface area contributed by atoms with Gasteiger partial charge in [0.15, 0.2) is 0 Å². The molecule has 0 bridgehead atoms. The van der Waals surface area contributed by atoms with Crippen LogP contribution >= 0.6 is 0 Å². The van der Waals surface area contributed by atoms with E-state index in [4.69, 9.17) is 0 Å². The van der Waals surface area contributed by atoms with E-state index in [1.165, 1.54) is 0 Å². The largest absolute Gasteiger partial charge is 0.276 e. The van der Waals surface area contributed by atoms with E-state index in [0.29, 0.717) is 15.8 Å². The number of pyridine rings is 2. The molecule has 0 saturated heterocycles. The minimum Gasteiger partial charge on any atom is -0.276 e. The summed E-state index contributed by atoms with van der Waals surface area (Å²) in [6.07, 6.45) is 3.38. The van der Waals surface area contributed by atoms with Crippen molar-refractivity contribution in [2.45, 2.75) is 0 Å². The third-order valence-electron chi connectivity index (χ3n) is 11.0. The van der Waals surface area contributed by atoms with Crippen LogP contribution in [-0.4, -0.2) is 9.13 Å². The second-order valence-corrected chi connectivity index (χ2v) is 14.1. The fourth-order valence-electron chi connectivity index (χ4n) is 8.61. The van der Waals surface area contributed by atoms with E-state index in [1.807, 2.05) is 95.6 Å². The first kappa shape index (κ1) is 33.0. The number of benzene rings is 8. The van der Waals surface area contributed by atoms with Gasteiger partial charge in [-0.2, -0.15) is 0 Å². The Hall–Kier alpha value is -7.56. The molecule has 0 N–H and O–H groups in total. The van der Waals surface area contributed by atoms with E-state index in [0.717, 1.165) is 82.4 Å². The normalized spacial score (nSPS) is 12.0. The van der Waals surface area contributed by atoms with Crippen LogP contribution in [0.5, 0.6) is 0 Å². The summed E-state index contributed by atoms with van der Waals surface area (Å²) >= 11 is 0. The molecule has 0 aliphatic heterocycles. The highest BCUT2D eigenvalue weighted by Gasteiger charge is 2.19. The fourth-order valence-corrected chi connectivity index (χ4v) is 8.61. The molecular formula is C52H34N2O2. The highest BCUT2D eigenvalue weighted by atomic mass is 16.1. The van der Waals surface area contributed by atoms with E-state index in [2.05, 4.69) is 92.0 Å². The Labute approximate surface area is 322 Å². The molecule has 4 nitrogen and oxygen atoms in total. The van der Waals surface area contributed by atoms with Gasteiger partial charge < -0.3 is 0 Å². The number of para-hydroxylation sites is 2. The number of fused-ring (bicyclic) bond motifs is 6. The molecule has 8 aromatic carbocycles. The average Bonchev–Trinajstić information content (AvgIpc) is 3.24. The van der Waals surface area contributed by atoms with Crippen LogP contribution in [0.25, 0.3) is 100 Å². The predicted octanol–water partition coefficient (Wildman–Crippen LogP) is 10.5. The number of hydrogen-bond donors (Lipinski definition) is 0. The van der Waals surface area contributed by atoms with Crippen LogP contribution in [0.2, 0.25) is 0 Å². The first-order valence-corrected chi connectivity index (χ1v) is 18.7. The van der Waals surface area contributed by atoms with Crippen molar-refractivity contribution in [1.82, 2.24) is 9.13 Å². The Balaban J connectivity index is 1.23. The van der Waals surface area contributed by atoms with Crippen molar-refractivity contribution < 1.29 is 0 Å². The molecule has 0 saturated carbocycles. The Morgan fingerprint density at radius 3 is 1.34 bits per heavy atom. The van der Waals surface area contributed by atoms with Crippen LogP contribution in [-0.2, 0) is 0 Å². The number of hydrogen-bond acceptors (Lipinski definition) is 2. The lowest BCUT2D eigenvalue weighted by Gasteiger charge is -2.19. The summed E-state index contributed by atoms with van der Waals surface area (Å²) in [7, 11) is 0. The van der Waals surface area contributed by atoms with Gasteiger partial charge in [0.1, 0.15) is 0 Å². The third-order valence-corrected chi connectivity index (χ3v) is 11.0. The minimum absolute atomic E-state index is 0.0485. The standard InChI is InChI=1S/C52H34N2O2/c1-3-16-39-33(2)38-21-10-12-29-47(38)53(51(39)55)36-19-14-17-34(31-36)49-42-24-5-7-26-44(42)50(45-27-8-6-25-43(45)49)35-18-15-20-37(32-35)54-48-30-13-11-23-41(48)40-22-4-9-28-46(40)52(54)56/h3-32H,1-2H2/b39-16+. The lowest BCUT2D eigenvalue weighted by molar-refractivity contribution is 1.02. The Bertz CT molecular complexity index is 3460. The van der Waals surface area contributed by atoms with Gasteiger partial charge in [-0.15, -0.1) is 0 Å². The lowest BCUT2D eigenvalue weighted by Crippen LogP contribution is -2.44. The summed E-state index contributed by atoms with van der Waals surface area (Å²) in [5, 5.41) is 9.13. The highest BCUT2D eigenvalue weighted by Crippen LogP contribution is 2.44. The van der Waals surface area contributed by atoms with Crippen molar-refractivity contribution >= 4 is 66.8 Å². The van der Waals surface area contributed by atoms with Crippen LogP contribution in [0.15, 0.2) is 192 Å². The molecule has 2 aromatic heterocycles. The van der Waals surface area contributed by atoms with Gasteiger partial charge >= 0.3 is 0 Å². The molecule has 0 amide bonds. The zero-order chi connectivity index (χ0) is 37.9. The second kappa shape index (κ2) is 13.1. The molecule has 0 radical (unpaired) electrons. The molecule has 10 aromatic rings. The maximum Gasteiger partial charge on any atom is 0.263 e. The highest BCUT2D eigenvalue weighted by molar-refractivity contribution is 6.21. The molecule has 0 spiro atoms. The van der Waals surface area contributed by atoms with Crippen molar-refractivity contribution in [2.75, 3.05) is 0 Å². The monoisotopic (exact) mass is 718 g/mol. The van der Waals surface area contributed by atoms with E-state index in [9.17, 15) is 9.59 Å². The number of allylic oxidation sites excluding steroid dienone is 1. The van der Waals surface area contributed by atoms with Crippen molar-refractivity contribution in [2.24, 2.45) is 0 Å². The van der Waals surface area contributed by atoms with Crippen molar-refractivity contribution in [3.8, 4) is 33.6 Å². The Morgan fingerprint density at radius 1 is 0.411 bits per heavy atom. The fraction of sp³-hybridized carbons (Fsp3) is 0. The SMILES string of the molecule is C=C/C=c1\c(=C)c2ccccc2n(-c2cccc(-c3c4ccccc4c(-c4cccc(-n5c(=O)c6ccccc6c6ccccc65)c4)c4ccccc34)c2)c1=O. The Kier molecular flexibility index (Phi) is 7.72. The quantitative estimate of drug-likeness (QED) is 0.131. The first-order valence-electron chi connectivity index (χ1n) is 18.7. The van der Waals surface area contributed by atoms with E-state index in [1.54, 1.807) is 16.7 Å². The van der Waals surface area contributed by atoms with Crippen LogP contribution in [0.1, 0.15) is 0 Å². The van der Waals surface area contributed by atoms with Crippen molar-refractivity contribution in [3.63, 3.8) is 0 Å². The van der Waals surface area contributed by atoms with Gasteiger partial charge in [0.25, 0.3) is 11.1 Å². The van der Waals surface area contributed by atoms with Gasteiger partial charge in [0.05, 0.1) is 11.0 Å². The summed E-state index contributed by atoms with van der Waals surface area (Å²) in [4.78, 5) is 28.4. The average molecular weight is 719 g/mol.